The number of hydrogen-bond donors (Lipinski definition) is 12. The van der Waals surface area contributed by atoms with Crippen LogP contribution in [0.1, 0.15) is 258 Å². The minimum absolute atomic E-state index is 0.215. The van der Waals surface area contributed by atoms with Crippen molar-refractivity contribution < 1.29 is 89.4 Å². The second kappa shape index (κ2) is 64.5. The normalized spacial score (nSPS) is 26.6. The number of unbranched alkanes of at least 4 members (excludes halogenated alkanes) is 24. The van der Waals surface area contributed by atoms with Gasteiger partial charge in [0.25, 0.3) is 0 Å². The summed E-state index contributed by atoms with van der Waals surface area (Å²) < 4.78 is 34.4. The van der Waals surface area contributed by atoms with Crippen molar-refractivity contribution in [2.45, 2.75) is 362 Å². The monoisotopic (exact) mass is 1480 g/mol. The Morgan fingerprint density at radius 3 is 1.07 bits per heavy atom. The molecule has 3 aliphatic heterocycles. The fourth-order valence-corrected chi connectivity index (χ4v) is 12.6. The number of rotatable bonds is 62. The smallest absolute Gasteiger partial charge is 0.220 e. The van der Waals surface area contributed by atoms with Gasteiger partial charge < -0.3 is 89.9 Å². The van der Waals surface area contributed by atoms with E-state index in [0.717, 1.165) is 116 Å². The topological polar surface area (TPSA) is 307 Å². The van der Waals surface area contributed by atoms with Crippen LogP contribution in [-0.4, -0.2) is 193 Å². The molecule has 3 heterocycles. The summed E-state index contributed by atoms with van der Waals surface area (Å²) >= 11 is 0. The van der Waals surface area contributed by atoms with Crippen LogP contribution in [-0.2, 0) is 33.2 Å². The van der Waals surface area contributed by atoms with Gasteiger partial charge in [-0.15, -0.1) is 0 Å². The van der Waals surface area contributed by atoms with Crippen molar-refractivity contribution in [2.24, 2.45) is 0 Å². The maximum atomic E-state index is 13.5. The molecule has 3 rings (SSSR count). The van der Waals surface area contributed by atoms with Crippen LogP contribution in [0.25, 0.3) is 0 Å². The molecule has 600 valence electrons. The van der Waals surface area contributed by atoms with Gasteiger partial charge in [-0.2, -0.15) is 0 Å². The number of amides is 1. The van der Waals surface area contributed by atoms with Crippen molar-refractivity contribution in [1.29, 1.82) is 0 Å². The third-order valence-corrected chi connectivity index (χ3v) is 19.1. The molecule has 0 spiro atoms. The SMILES string of the molecule is CC/C=C\C/C=C\C/C=C\C/C=C\C/C=C\C/C=C\C/C=C\C/C=C\C/C=C\CCCCCCCCCCCC(=O)NC(COC1OC(CO)C(OC2OC(CO)C(OC3OC(CO)C(O)C(O)C3O)C(O)C2O)C(O)C1O)C(O)/C=C/CC/C=C/CC/C=C/CCCCCCCCCCCCCCC. The van der Waals surface area contributed by atoms with Crippen LogP contribution in [0.2, 0.25) is 0 Å². The molecule has 17 atom stereocenters. The highest BCUT2D eigenvalue weighted by atomic mass is 16.8. The van der Waals surface area contributed by atoms with Gasteiger partial charge in [0.05, 0.1) is 38.6 Å². The summed E-state index contributed by atoms with van der Waals surface area (Å²) in [6.07, 6.45) is 66.8. The van der Waals surface area contributed by atoms with E-state index in [1.54, 1.807) is 6.08 Å². The number of allylic oxidation sites excluding steroid dienone is 23. The lowest BCUT2D eigenvalue weighted by atomic mass is 9.96. The Morgan fingerprint density at radius 2 is 0.667 bits per heavy atom. The summed E-state index contributed by atoms with van der Waals surface area (Å²) in [5, 5.41) is 121. The average Bonchev–Trinajstić information content (AvgIpc) is 0.779. The molecular formula is C86H143NO18. The highest BCUT2D eigenvalue weighted by Gasteiger charge is 2.54. The minimum Gasteiger partial charge on any atom is -0.394 e. The molecule has 12 N–H and O–H groups in total. The molecule has 0 aromatic carbocycles. The van der Waals surface area contributed by atoms with Crippen molar-refractivity contribution in [3.63, 3.8) is 0 Å². The predicted molar refractivity (Wildman–Crippen MR) is 419 cm³/mol. The molecule has 0 aromatic rings. The van der Waals surface area contributed by atoms with E-state index in [9.17, 15) is 61.0 Å². The van der Waals surface area contributed by atoms with Crippen molar-refractivity contribution in [3.05, 3.63) is 146 Å². The molecule has 1 amide bonds. The first kappa shape index (κ1) is 94.9. The summed E-state index contributed by atoms with van der Waals surface area (Å²) in [5.74, 6) is -0.301. The fraction of sp³-hybridized carbons (Fsp3) is 0.709. The second-order valence-corrected chi connectivity index (χ2v) is 28.1. The van der Waals surface area contributed by atoms with Gasteiger partial charge in [-0.25, -0.2) is 0 Å². The van der Waals surface area contributed by atoms with Crippen molar-refractivity contribution in [2.75, 3.05) is 26.4 Å². The Morgan fingerprint density at radius 1 is 0.352 bits per heavy atom. The third-order valence-electron chi connectivity index (χ3n) is 19.1. The molecule has 3 saturated heterocycles. The molecule has 0 saturated carbocycles. The highest BCUT2D eigenvalue weighted by molar-refractivity contribution is 5.76. The van der Waals surface area contributed by atoms with Crippen LogP contribution in [0.4, 0.5) is 0 Å². The highest BCUT2D eigenvalue weighted by Crippen LogP contribution is 2.33. The van der Waals surface area contributed by atoms with E-state index in [4.69, 9.17) is 28.4 Å². The largest absolute Gasteiger partial charge is 0.394 e. The molecule has 0 radical (unpaired) electrons. The molecule has 3 fully saturated rings. The number of carbonyl (C=O) groups is 1. The lowest BCUT2D eigenvalue weighted by Gasteiger charge is -2.48. The van der Waals surface area contributed by atoms with E-state index in [2.05, 4.69) is 153 Å². The molecule has 105 heavy (non-hydrogen) atoms. The van der Waals surface area contributed by atoms with Gasteiger partial charge in [0.2, 0.25) is 5.91 Å². The van der Waals surface area contributed by atoms with E-state index >= 15 is 0 Å². The van der Waals surface area contributed by atoms with Gasteiger partial charge in [0, 0.05) is 6.42 Å². The van der Waals surface area contributed by atoms with Gasteiger partial charge >= 0.3 is 0 Å². The van der Waals surface area contributed by atoms with Crippen molar-refractivity contribution in [1.82, 2.24) is 5.32 Å². The standard InChI is InChI=1S/C86H143NO18/c1-3-5-7-9-11-13-15-17-19-21-23-25-27-28-29-30-31-32-33-34-35-36-37-38-39-40-42-44-46-48-50-52-54-56-58-60-62-64-74(92)87-69(70(91)63-61-59-57-55-53-51-49-47-45-43-41-26-24-22-20-18-16-14-12-10-8-6-4-2)68-100-84-80(98)77(95)82(72(66-89)102-84)105-86-81(99)78(96)83(73(67-90)103-86)104-85-79(97)76(94)75(93)71(65-88)101-85/h5,7,11,13,17,19,23,25,28-29,31-32,34-35,37-38,40,42,45,47,53,55,61,63,69-73,75-86,88-91,93-99H,3-4,6,8-10,12,14-16,18,20-22,24,26-27,30,33,36,39,41,43-44,46,48-52,54,56-60,62,64-68H2,1-2H3,(H,87,92)/b7-5-,13-11-,19-17-,25-23-,29-28-,32-31-,35-34-,38-37-,42-40-,47-45+,55-53+,63-61+. The number of nitrogens with one attached hydrogen (secondary N) is 1. The summed E-state index contributed by atoms with van der Waals surface area (Å²) in [6, 6.07) is -1.01. The summed E-state index contributed by atoms with van der Waals surface area (Å²) in [6.45, 7) is 1.59. The third kappa shape index (κ3) is 44.2. The number of hydrogen-bond acceptors (Lipinski definition) is 18. The summed E-state index contributed by atoms with van der Waals surface area (Å²) in [4.78, 5) is 13.5. The van der Waals surface area contributed by atoms with Gasteiger partial charge in [-0.3, -0.25) is 4.79 Å². The van der Waals surface area contributed by atoms with Crippen LogP contribution in [0.3, 0.4) is 0 Å². The predicted octanol–water partition coefficient (Wildman–Crippen LogP) is 13.8. The van der Waals surface area contributed by atoms with Crippen LogP contribution < -0.4 is 5.32 Å². The zero-order chi connectivity index (χ0) is 76.0. The van der Waals surface area contributed by atoms with Crippen LogP contribution >= 0.6 is 0 Å². The lowest BCUT2D eigenvalue weighted by molar-refractivity contribution is -0.379. The first-order chi connectivity index (χ1) is 51.3. The lowest BCUT2D eigenvalue weighted by Crippen LogP contribution is -2.66. The average molecular weight is 1480 g/mol. The first-order valence-electron chi connectivity index (χ1n) is 40.6. The number of aliphatic hydroxyl groups is 11. The van der Waals surface area contributed by atoms with E-state index in [1.807, 2.05) is 6.08 Å². The van der Waals surface area contributed by atoms with Crippen molar-refractivity contribution >= 4 is 5.91 Å². The van der Waals surface area contributed by atoms with Crippen LogP contribution in [0.5, 0.6) is 0 Å². The molecular weight excluding hydrogens is 1330 g/mol. The van der Waals surface area contributed by atoms with E-state index < -0.39 is 124 Å². The van der Waals surface area contributed by atoms with Gasteiger partial charge in [-0.1, -0.05) is 282 Å². The molecule has 19 nitrogen and oxygen atoms in total. The van der Waals surface area contributed by atoms with E-state index in [-0.39, 0.29) is 18.9 Å². The van der Waals surface area contributed by atoms with E-state index in [1.165, 1.54) is 109 Å². The number of ether oxygens (including phenoxy) is 6. The molecule has 0 bridgehead atoms. The maximum Gasteiger partial charge on any atom is 0.220 e. The zero-order valence-electron chi connectivity index (χ0n) is 64.1. The Bertz CT molecular complexity index is 2470. The fourth-order valence-electron chi connectivity index (χ4n) is 12.6. The maximum absolute atomic E-state index is 13.5. The zero-order valence-corrected chi connectivity index (χ0v) is 64.1. The molecule has 0 aromatic heterocycles. The molecule has 3 aliphatic rings. The van der Waals surface area contributed by atoms with Gasteiger partial charge in [0.1, 0.15) is 73.2 Å². The minimum atomic E-state index is -1.99. The Hall–Kier alpha value is -4.33. The second-order valence-electron chi connectivity index (χ2n) is 28.1. The Kier molecular flexibility index (Phi) is 58.3. The quantitative estimate of drug-likeness (QED) is 0.0199. The Balaban J connectivity index is 1.38. The number of carbonyl (C=O) groups excluding carboxylic acids is 1. The van der Waals surface area contributed by atoms with Gasteiger partial charge in [-0.05, 0) is 116 Å². The van der Waals surface area contributed by atoms with Crippen LogP contribution in [0.15, 0.2) is 146 Å². The summed E-state index contributed by atoms with van der Waals surface area (Å²) in [7, 11) is 0. The van der Waals surface area contributed by atoms with Crippen molar-refractivity contribution in [3.8, 4) is 0 Å². The van der Waals surface area contributed by atoms with Gasteiger partial charge in [0.15, 0.2) is 18.9 Å². The van der Waals surface area contributed by atoms with E-state index in [0.29, 0.717) is 12.8 Å². The summed E-state index contributed by atoms with van der Waals surface area (Å²) in [5.41, 5.74) is 0. The molecule has 17 unspecified atom stereocenters. The molecule has 19 heteroatoms. The number of aliphatic hydroxyl groups excluding tert-OH is 11. The Labute approximate surface area is 632 Å². The molecule has 0 aliphatic carbocycles. The van der Waals surface area contributed by atoms with Crippen LogP contribution in [0, 0.1) is 0 Å². The first-order valence-corrected chi connectivity index (χ1v) is 40.6.